The van der Waals surface area contributed by atoms with Crippen molar-refractivity contribution < 1.29 is 0 Å². The minimum absolute atomic E-state index is 0.0917. The van der Waals surface area contributed by atoms with Crippen LogP contribution in [-0.2, 0) is 20.6 Å². The molecule has 3 aromatic rings. The lowest BCUT2D eigenvalue weighted by Gasteiger charge is -2.09. The molecule has 0 aliphatic heterocycles. The Morgan fingerprint density at radius 3 is 2.50 bits per heavy atom. The predicted octanol–water partition coefficient (Wildman–Crippen LogP) is 1.81. The van der Waals surface area contributed by atoms with Crippen molar-refractivity contribution in [1.29, 1.82) is 0 Å². The zero-order chi connectivity index (χ0) is 20.4. The Kier molecular flexibility index (Phi) is 6.12. The van der Waals surface area contributed by atoms with E-state index in [1.807, 2.05) is 7.05 Å². The topological polar surface area (TPSA) is 85.9 Å². The monoisotopic (exact) mass is 424 g/mol. The number of rotatable bonds is 7. The first-order valence-corrected chi connectivity index (χ1v) is 9.59. The van der Waals surface area contributed by atoms with E-state index in [4.69, 9.17) is 23.2 Å². The van der Waals surface area contributed by atoms with E-state index in [2.05, 4.69) is 15.6 Å². The minimum atomic E-state index is -0.441. The fourth-order valence-corrected chi connectivity index (χ4v) is 3.35. The number of nitrogens with one attached hydrogen (secondary N) is 2. The van der Waals surface area contributed by atoms with Crippen LogP contribution in [0, 0.1) is 0 Å². The second-order valence-electron chi connectivity index (χ2n) is 6.53. The molecule has 3 rings (SSSR count). The zero-order valence-electron chi connectivity index (χ0n) is 15.9. The van der Waals surface area contributed by atoms with E-state index in [0.717, 1.165) is 13.0 Å². The van der Waals surface area contributed by atoms with Crippen molar-refractivity contribution in [1.82, 2.24) is 24.0 Å². The molecule has 2 aromatic heterocycles. The van der Waals surface area contributed by atoms with Gasteiger partial charge in [0.05, 0.1) is 16.6 Å². The summed E-state index contributed by atoms with van der Waals surface area (Å²) < 4.78 is 4.24. The van der Waals surface area contributed by atoms with Crippen LogP contribution in [0.15, 0.2) is 27.8 Å². The summed E-state index contributed by atoms with van der Waals surface area (Å²) in [5.74, 6) is 0.547. The molecule has 0 radical (unpaired) electrons. The van der Waals surface area contributed by atoms with Gasteiger partial charge in [-0.2, -0.15) is 4.98 Å². The van der Waals surface area contributed by atoms with Crippen LogP contribution in [0.2, 0.25) is 10.0 Å². The van der Waals surface area contributed by atoms with Crippen molar-refractivity contribution in [2.24, 2.45) is 14.1 Å². The normalized spacial score (nSPS) is 11.3. The molecule has 2 heterocycles. The second kappa shape index (κ2) is 8.38. The van der Waals surface area contributed by atoms with Crippen molar-refractivity contribution >= 4 is 40.3 Å². The summed E-state index contributed by atoms with van der Waals surface area (Å²) in [4.78, 5) is 30.3. The van der Waals surface area contributed by atoms with Gasteiger partial charge in [0.2, 0.25) is 5.95 Å². The van der Waals surface area contributed by atoms with Gasteiger partial charge in [0.1, 0.15) is 0 Å². The van der Waals surface area contributed by atoms with Gasteiger partial charge in [0, 0.05) is 20.6 Å². The van der Waals surface area contributed by atoms with Crippen molar-refractivity contribution in [3.63, 3.8) is 0 Å². The van der Waals surface area contributed by atoms with Crippen LogP contribution in [0.4, 0.5) is 5.95 Å². The highest BCUT2D eigenvalue weighted by Crippen LogP contribution is 2.22. The van der Waals surface area contributed by atoms with E-state index in [9.17, 15) is 9.59 Å². The number of nitrogens with zero attached hydrogens (tertiary/aromatic N) is 4. The number of imidazole rings is 1. The van der Waals surface area contributed by atoms with Crippen LogP contribution in [0.1, 0.15) is 12.0 Å². The van der Waals surface area contributed by atoms with Gasteiger partial charge in [-0.3, -0.25) is 13.9 Å². The molecule has 0 amide bonds. The van der Waals surface area contributed by atoms with E-state index >= 15 is 0 Å². The van der Waals surface area contributed by atoms with Gasteiger partial charge >= 0.3 is 5.69 Å². The summed E-state index contributed by atoms with van der Waals surface area (Å²) >= 11 is 12.0. The first kappa shape index (κ1) is 20.4. The average molecular weight is 425 g/mol. The molecule has 0 aliphatic rings. The molecule has 8 nitrogen and oxygen atoms in total. The van der Waals surface area contributed by atoms with Crippen LogP contribution < -0.4 is 21.9 Å². The maximum Gasteiger partial charge on any atom is 0.332 e. The van der Waals surface area contributed by atoms with Crippen LogP contribution in [0.25, 0.3) is 11.2 Å². The van der Waals surface area contributed by atoms with Crippen molar-refractivity contribution in [2.45, 2.75) is 13.0 Å². The Morgan fingerprint density at radius 2 is 1.82 bits per heavy atom. The Hall–Kier alpha value is -2.29. The number of aryl methyl sites for hydroxylation is 2. The molecular weight excluding hydrogens is 403 g/mol. The molecule has 0 saturated heterocycles. The summed E-state index contributed by atoms with van der Waals surface area (Å²) in [6.45, 7) is 1.66. The number of hydrogen-bond donors (Lipinski definition) is 2. The molecular formula is C18H22Cl2N6O2. The molecule has 0 atom stereocenters. The van der Waals surface area contributed by atoms with Gasteiger partial charge in [-0.05, 0) is 37.7 Å². The molecule has 0 aliphatic carbocycles. The average Bonchev–Trinajstić information content (AvgIpc) is 3.00. The second-order valence-corrected chi connectivity index (χ2v) is 7.35. The van der Waals surface area contributed by atoms with Gasteiger partial charge in [-0.25, -0.2) is 4.79 Å². The van der Waals surface area contributed by atoms with Crippen molar-refractivity contribution in [3.05, 3.63) is 54.6 Å². The molecule has 150 valence electrons. The third-order valence-corrected chi connectivity index (χ3v) is 5.31. The van der Waals surface area contributed by atoms with Gasteiger partial charge in [-0.15, -0.1) is 0 Å². The standard InChI is InChI=1S/C18H22Cl2N6O2/c1-21-7-4-8-22-17-23-15-14(24(17)2)16(27)26(18(28)25(15)3)10-11-5-6-12(19)13(20)9-11/h5-6,9,21H,4,7-8,10H2,1-3H3,(H,22,23). The first-order valence-electron chi connectivity index (χ1n) is 8.83. The molecule has 0 spiro atoms. The fraction of sp³-hybridized carbons (Fsp3) is 0.389. The first-order chi connectivity index (χ1) is 13.3. The highest BCUT2D eigenvalue weighted by atomic mass is 35.5. The van der Waals surface area contributed by atoms with E-state index in [1.165, 1.54) is 9.13 Å². The maximum absolute atomic E-state index is 13.1. The molecule has 2 N–H and O–H groups in total. The van der Waals surface area contributed by atoms with Crippen LogP contribution >= 0.6 is 23.2 Å². The molecule has 0 fully saturated rings. The van der Waals surface area contributed by atoms with Crippen LogP contribution in [-0.4, -0.2) is 38.8 Å². The number of hydrogen-bond acceptors (Lipinski definition) is 5. The highest BCUT2D eigenvalue weighted by molar-refractivity contribution is 6.42. The van der Waals surface area contributed by atoms with E-state index in [0.29, 0.717) is 39.3 Å². The maximum atomic E-state index is 13.1. The summed E-state index contributed by atoms with van der Waals surface area (Å²) in [6, 6.07) is 5.03. The van der Waals surface area contributed by atoms with Crippen molar-refractivity contribution in [2.75, 3.05) is 25.5 Å². The smallest absolute Gasteiger partial charge is 0.332 e. The number of anilines is 1. The van der Waals surface area contributed by atoms with Crippen LogP contribution in [0.5, 0.6) is 0 Å². The number of benzene rings is 1. The Labute approximate surface area is 171 Å². The Balaban J connectivity index is 2.04. The minimum Gasteiger partial charge on any atom is -0.356 e. The summed E-state index contributed by atoms with van der Waals surface area (Å²) in [5, 5.41) is 7.08. The third-order valence-electron chi connectivity index (χ3n) is 4.57. The lowest BCUT2D eigenvalue weighted by molar-refractivity contribution is 0.655. The number of halogens is 2. The lowest BCUT2D eigenvalue weighted by atomic mass is 10.2. The Bertz CT molecular complexity index is 1130. The SMILES string of the molecule is CNCCCNc1nc2c(c(=O)n(Cc3ccc(Cl)c(Cl)c3)c(=O)n2C)n1C. The lowest BCUT2D eigenvalue weighted by Crippen LogP contribution is -2.39. The van der Waals surface area contributed by atoms with Gasteiger partial charge in [-0.1, -0.05) is 29.3 Å². The molecule has 10 heteroatoms. The molecule has 0 bridgehead atoms. The highest BCUT2D eigenvalue weighted by Gasteiger charge is 2.18. The molecule has 28 heavy (non-hydrogen) atoms. The molecule has 0 saturated carbocycles. The zero-order valence-corrected chi connectivity index (χ0v) is 17.4. The predicted molar refractivity (Wildman–Crippen MR) is 113 cm³/mol. The van der Waals surface area contributed by atoms with E-state index < -0.39 is 11.2 Å². The van der Waals surface area contributed by atoms with Gasteiger partial charge in [0.25, 0.3) is 5.56 Å². The molecule has 0 unspecified atom stereocenters. The Morgan fingerprint density at radius 1 is 1.07 bits per heavy atom. The number of fused-ring (bicyclic) bond motifs is 1. The summed E-state index contributed by atoms with van der Waals surface area (Å²) in [7, 11) is 5.25. The fourth-order valence-electron chi connectivity index (χ4n) is 3.03. The van der Waals surface area contributed by atoms with Gasteiger partial charge in [0.15, 0.2) is 11.2 Å². The number of aromatic nitrogens is 4. The quantitative estimate of drug-likeness (QED) is 0.564. The van der Waals surface area contributed by atoms with E-state index in [-0.39, 0.29) is 6.54 Å². The van der Waals surface area contributed by atoms with E-state index in [1.54, 1.807) is 36.9 Å². The largest absolute Gasteiger partial charge is 0.356 e. The summed E-state index contributed by atoms with van der Waals surface area (Å²) in [6.07, 6.45) is 0.903. The molecule has 1 aromatic carbocycles. The summed E-state index contributed by atoms with van der Waals surface area (Å²) in [5.41, 5.74) is 0.573. The van der Waals surface area contributed by atoms with Gasteiger partial charge < -0.3 is 15.2 Å². The third kappa shape index (κ3) is 3.80. The van der Waals surface area contributed by atoms with Crippen molar-refractivity contribution in [3.8, 4) is 0 Å². The van der Waals surface area contributed by atoms with Crippen LogP contribution in [0.3, 0.4) is 0 Å².